The standard InChI is InChI=1S/C22H30N2O4/c1-14-9-15(2)11-18(10-14)20(25)23-8-4-5-17(13-23)21(26)24(19-6-7-19)12-16(3)22(27)28/h9-11,16-17,19H,4-8,12-13H2,1-3H3,(H,27,28). The van der Waals surface area contributed by atoms with E-state index in [4.69, 9.17) is 0 Å². The molecule has 1 aromatic carbocycles. The molecule has 28 heavy (non-hydrogen) atoms. The summed E-state index contributed by atoms with van der Waals surface area (Å²) in [7, 11) is 0. The summed E-state index contributed by atoms with van der Waals surface area (Å²) in [6.07, 6.45) is 3.42. The first kappa shape index (κ1) is 20.4. The Hall–Kier alpha value is -2.37. The predicted octanol–water partition coefficient (Wildman–Crippen LogP) is 2.87. The van der Waals surface area contributed by atoms with Crippen molar-refractivity contribution in [1.29, 1.82) is 0 Å². The highest BCUT2D eigenvalue weighted by Gasteiger charge is 2.39. The van der Waals surface area contributed by atoms with Crippen LogP contribution in [0.1, 0.15) is 54.1 Å². The van der Waals surface area contributed by atoms with Crippen LogP contribution in [0.2, 0.25) is 0 Å². The van der Waals surface area contributed by atoms with E-state index in [1.807, 2.05) is 32.0 Å². The van der Waals surface area contributed by atoms with Crippen molar-refractivity contribution in [3.05, 3.63) is 34.9 Å². The highest BCUT2D eigenvalue weighted by molar-refractivity contribution is 5.95. The Bertz CT molecular complexity index is 752. The van der Waals surface area contributed by atoms with Crippen molar-refractivity contribution in [2.45, 2.75) is 52.5 Å². The third kappa shape index (κ3) is 4.72. The number of aryl methyl sites for hydroxylation is 2. The number of carbonyl (C=O) groups is 3. The average molecular weight is 386 g/mol. The Morgan fingerprint density at radius 3 is 2.36 bits per heavy atom. The summed E-state index contributed by atoms with van der Waals surface area (Å²) in [6, 6.07) is 5.99. The summed E-state index contributed by atoms with van der Waals surface area (Å²) in [5.41, 5.74) is 2.77. The smallest absolute Gasteiger partial charge is 0.308 e. The molecule has 1 N–H and O–H groups in total. The molecule has 6 nitrogen and oxygen atoms in total. The fourth-order valence-corrected chi connectivity index (χ4v) is 4.06. The zero-order chi connectivity index (χ0) is 20.4. The second-order valence-electron chi connectivity index (χ2n) is 8.43. The lowest BCUT2D eigenvalue weighted by atomic mass is 9.95. The van der Waals surface area contributed by atoms with E-state index in [0.29, 0.717) is 18.7 Å². The maximum atomic E-state index is 13.1. The molecular formula is C22H30N2O4. The zero-order valence-corrected chi connectivity index (χ0v) is 17.0. The molecule has 2 unspecified atom stereocenters. The zero-order valence-electron chi connectivity index (χ0n) is 17.0. The molecule has 1 saturated heterocycles. The second kappa shape index (κ2) is 8.33. The number of hydrogen-bond donors (Lipinski definition) is 1. The van der Waals surface area contributed by atoms with Gasteiger partial charge in [-0.05, 0) is 51.7 Å². The van der Waals surface area contributed by atoms with Gasteiger partial charge in [0.05, 0.1) is 11.8 Å². The number of carboxylic acid groups (broad SMARTS) is 1. The number of piperidine rings is 1. The van der Waals surface area contributed by atoms with Gasteiger partial charge in [0.2, 0.25) is 5.91 Å². The number of rotatable bonds is 6. The van der Waals surface area contributed by atoms with Crippen molar-refractivity contribution < 1.29 is 19.5 Å². The highest BCUT2D eigenvalue weighted by atomic mass is 16.4. The average Bonchev–Trinajstić information content (AvgIpc) is 3.49. The number of hydrogen-bond acceptors (Lipinski definition) is 3. The van der Waals surface area contributed by atoms with Crippen molar-refractivity contribution in [3.8, 4) is 0 Å². The Balaban J connectivity index is 1.70. The van der Waals surface area contributed by atoms with Crippen LogP contribution in [0.3, 0.4) is 0 Å². The fraction of sp³-hybridized carbons (Fsp3) is 0.591. The number of amides is 2. The molecule has 1 aliphatic carbocycles. The van der Waals surface area contributed by atoms with Crippen LogP contribution < -0.4 is 0 Å². The number of likely N-dealkylation sites (tertiary alicyclic amines) is 1. The minimum absolute atomic E-state index is 0.00789. The lowest BCUT2D eigenvalue weighted by Crippen LogP contribution is -2.48. The van der Waals surface area contributed by atoms with Crippen LogP contribution in [0.15, 0.2) is 18.2 Å². The molecule has 152 valence electrons. The quantitative estimate of drug-likeness (QED) is 0.815. The van der Waals surface area contributed by atoms with Gasteiger partial charge in [0.25, 0.3) is 5.91 Å². The molecule has 2 atom stereocenters. The first-order valence-electron chi connectivity index (χ1n) is 10.2. The van der Waals surface area contributed by atoms with Crippen LogP contribution in [0, 0.1) is 25.7 Å². The fourth-order valence-electron chi connectivity index (χ4n) is 4.06. The normalized spacial score (nSPS) is 20.5. The third-order valence-electron chi connectivity index (χ3n) is 5.69. The number of carbonyl (C=O) groups excluding carboxylic acids is 2. The van der Waals surface area contributed by atoms with E-state index in [9.17, 15) is 19.5 Å². The van der Waals surface area contributed by atoms with Crippen molar-refractivity contribution in [2.24, 2.45) is 11.8 Å². The molecule has 0 bridgehead atoms. The predicted molar refractivity (Wildman–Crippen MR) is 106 cm³/mol. The van der Waals surface area contributed by atoms with E-state index < -0.39 is 11.9 Å². The Morgan fingerprint density at radius 2 is 1.79 bits per heavy atom. The van der Waals surface area contributed by atoms with Crippen molar-refractivity contribution in [3.63, 3.8) is 0 Å². The summed E-state index contributed by atoms with van der Waals surface area (Å²) < 4.78 is 0. The minimum Gasteiger partial charge on any atom is -0.481 e. The van der Waals surface area contributed by atoms with Crippen LogP contribution in [0.5, 0.6) is 0 Å². The SMILES string of the molecule is Cc1cc(C)cc(C(=O)N2CCCC(C(=O)N(CC(C)C(=O)O)C3CC3)C2)c1. The van der Waals surface area contributed by atoms with Crippen molar-refractivity contribution >= 4 is 17.8 Å². The van der Waals surface area contributed by atoms with Gasteiger partial charge < -0.3 is 14.9 Å². The maximum Gasteiger partial charge on any atom is 0.308 e. The van der Waals surface area contributed by atoms with E-state index in [-0.39, 0.29) is 30.3 Å². The highest BCUT2D eigenvalue weighted by Crippen LogP contribution is 2.31. The van der Waals surface area contributed by atoms with Gasteiger partial charge in [-0.25, -0.2) is 0 Å². The Kier molecular flexibility index (Phi) is 6.06. The Morgan fingerprint density at radius 1 is 1.14 bits per heavy atom. The van der Waals surface area contributed by atoms with Crippen LogP contribution >= 0.6 is 0 Å². The molecule has 0 spiro atoms. The van der Waals surface area contributed by atoms with Gasteiger partial charge in [0, 0.05) is 31.2 Å². The van der Waals surface area contributed by atoms with Crippen molar-refractivity contribution in [2.75, 3.05) is 19.6 Å². The molecule has 2 fully saturated rings. The third-order valence-corrected chi connectivity index (χ3v) is 5.69. The van der Waals surface area contributed by atoms with E-state index in [2.05, 4.69) is 0 Å². The molecule has 1 saturated carbocycles. The summed E-state index contributed by atoms with van der Waals surface area (Å²) in [5, 5.41) is 9.22. The van der Waals surface area contributed by atoms with Gasteiger partial charge in [0.15, 0.2) is 0 Å². The summed E-state index contributed by atoms with van der Waals surface area (Å²) >= 11 is 0. The molecule has 0 radical (unpaired) electrons. The van der Waals surface area contributed by atoms with E-state index >= 15 is 0 Å². The van der Waals surface area contributed by atoms with E-state index in [1.165, 1.54) is 0 Å². The minimum atomic E-state index is -0.881. The molecule has 0 aromatic heterocycles. The number of nitrogens with zero attached hydrogens (tertiary/aromatic N) is 2. The number of carboxylic acids is 1. The van der Waals surface area contributed by atoms with Gasteiger partial charge >= 0.3 is 5.97 Å². The van der Waals surface area contributed by atoms with E-state index in [0.717, 1.165) is 36.8 Å². The molecule has 2 aliphatic rings. The van der Waals surface area contributed by atoms with Gasteiger partial charge in [-0.3, -0.25) is 14.4 Å². The maximum absolute atomic E-state index is 13.1. The van der Waals surface area contributed by atoms with Gasteiger partial charge in [-0.15, -0.1) is 0 Å². The largest absolute Gasteiger partial charge is 0.481 e. The lowest BCUT2D eigenvalue weighted by Gasteiger charge is -2.35. The molecule has 1 heterocycles. The molecular weight excluding hydrogens is 356 g/mol. The molecule has 6 heteroatoms. The van der Waals surface area contributed by atoms with E-state index in [1.54, 1.807) is 16.7 Å². The summed E-state index contributed by atoms with van der Waals surface area (Å²) in [4.78, 5) is 40.9. The first-order valence-corrected chi connectivity index (χ1v) is 10.2. The van der Waals surface area contributed by atoms with Crippen LogP contribution in [0.4, 0.5) is 0 Å². The lowest BCUT2D eigenvalue weighted by molar-refractivity contribution is -0.144. The monoisotopic (exact) mass is 386 g/mol. The molecule has 3 rings (SSSR count). The molecule has 1 aliphatic heterocycles. The second-order valence-corrected chi connectivity index (χ2v) is 8.43. The van der Waals surface area contributed by atoms with Crippen LogP contribution in [-0.4, -0.2) is 58.4 Å². The number of aliphatic carboxylic acids is 1. The summed E-state index contributed by atoms with van der Waals surface area (Å²) in [6.45, 7) is 6.91. The first-order chi connectivity index (χ1) is 13.3. The van der Waals surface area contributed by atoms with Crippen LogP contribution in [-0.2, 0) is 9.59 Å². The molecule has 1 aromatic rings. The Labute approximate surface area is 166 Å². The van der Waals surface area contributed by atoms with Gasteiger partial charge in [0.1, 0.15) is 0 Å². The summed E-state index contributed by atoms with van der Waals surface area (Å²) in [5.74, 6) is -1.73. The van der Waals surface area contributed by atoms with Gasteiger partial charge in [-0.2, -0.15) is 0 Å². The van der Waals surface area contributed by atoms with Gasteiger partial charge in [-0.1, -0.05) is 24.1 Å². The topological polar surface area (TPSA) is 77.9 Å². The van der Waals surface area contributed by atoms with Crippen LogP contribution in [0.25, 0.3) is 0 Å². The van der Waals surface area contributed by atoms with Crippen molar-refractivity contribution in [1.82, 2.24) is 9.80 Å². The molecule has 2 amide bonds. The number of benzene rings is 1.